The van der Waals surface area contributed by atoms with Crippen molar-refractivity contribution in [3.05, 3.63) is 65.5 Å². The number of piperazine rings is 1. The van der Waals surface area contributed by atoms with Gasteiger partial charge in [-0.3, -0.25) is 9.59 Å². The van der Waals surface area contributed by atoms with E-state index in [1.54, 1.807) is 0 Å². The molecule has 0 N–H and O–H groups in total. The zero-order chi connectivity index (χ0) is 25.0. The first-order valence-corrected chi connectivity index (χ1v) is 11.8. The SMILES string of the molecule is CN1CCN(C(=O)CC2(COc3ccc(F)cc3)CCCN(C(=O)c3ccc(F)cc3F)C2)CC1. The van der Waals surface area contributed by atoms with Crippen LogP contribution in [0.15, 0.2) is 42.5 Å². The fourth-order valence-electron chi connectivity index (χ4n) is 4.78. The van der Waals surface area contributed by atoms with Crippen LogP contribution < -0.4 is 4.74 Å². The number of hydrogen-bond acceptors (Lipinski definition) is 4. The highest BCUT2D eigenvalue weighted by atomic mass is 19.1. The van der Waals surface area contributed by atoms with Gasteiger partial charge in [0, 0.05) is 57.2 Å². The van der Waals surface area contributed by atoms with Gasteiger partial charge in [-0.25, -0.2) is 13.2 Å². The third-order valence-corrected chi connectivity index (χ3v) is 6.85. The number of likely N-dealkylation sites (N-methyl/N-ethyl adjacent to an activating group) is 1. The second kappa shape index (κ2) is 10.7. The Morgan fingerprint density at radius 2 is 1.60 bits per heavy atom. The van der Waals surface area contributed by atoms with E-state index in [-0.39, 0.29) is 36.9 Å². The van der Waals surface area contributed by atoms with Crippen molar-refractivity contribution in [2.75, 3.05) is 52.9 Å². The highest BCUT2D eigenvalue weighted by molar-refractivity contribution is 5.94. The molecule has 1 unspecified atom stereocenters. The second-order valence-electron chi connectivity index (χ2n) is 9.56. The van der Waals surface area contributed by atoms with Gasteiger partial charge < -0.3 is 19.4 Å². The monoisotopic (exact) mass is 489 g/mol. The molecular weight excluding hydrogens is 459 g/mol. The smallest absolute Gasteiger partial charge is 0.256 e. The van der Waals surface area contributed by atoms with E-state index in [1.165, 1.54) is 29.2 Å². The van der Waals surface area contributed by atoms with Crippen LogP contribution in [-0.2, 0) is 4.79 Å². The molecule has 2 aliphatic heterocycles. The number of benzene rings is 2. The Balaban J connectivity index is 1.54. The van der Waals surface area contributed by atoms with E-state index >= 15 is 0 Å². The lowest BCUT2D eigenvalue weighted by atomic mass is 9.77. The lowest BCUT2D eigenvalue weighted by Gasteiger charge is -2.43. The predicted molar refractivity (Wildman–Crippen MR) is 125 cm³/mol. The van der Waals surface area contributed by atoms with Crippen molar-refractivity contribution in [3.63, 3.8) is 0 Å². The molecule has 0 aromatic heterocycles. The Bertz CT molecular complexity index is 1060. The van der Waals surface area contributed by atoms with Crippen molar-refractivity contribution in [1.82, 2.24) is 14.7 Å². The Labute approximate surface area is 203 Å². The Morgan fingerprint density at radius 3 is 2.29 bits per heavy atom. The van der Waals surface area contributed by atoms with E-state index in [2.05, 4.69) is 4.90 Å². The van der Waals surface area contributed by atoms with Crippen molar-refractivity contribution in [3.8, 4) is 5.75 Å². The zero-order valence-electron chi connectivity index (χ0n) is 19.8. The quantitative estimate of drug-likeness (QED) is 0.623. The Kier molecular flexibility index (Phi) is 7.64. The van der Waals surface area contributed by atoms with Crippen LogP contribution in [-0.4, -0.2) is 79.4 Å². The molecule has 2 aromatic rings. The van der Waals surface area contributed by atoms with E-state index in [1.807, 2.05) is 11.9 Å². The van der Waals surface area contributed by atoms with Crippen LogP contribution >= 0.6 is 0 Å². The predicted octanol–water partition coefficient (Wildman–Crippen LogP) is 3.57. The van der Waals surface area contributed by atoms with Gasteiger partial charge in [-0.15, -0.1) is 0 Å². The van der Waals surface area contributed by atoms with Gasteiger partial charge in [0.25, 0.3) is 5.91 Å². The second-order valence-corrected chi connectivity index (χ2v) is 9.56. The summed E-state index contributed by atoms with van der Waals surface area (Å²) in [6, 6.07) is 8.53. The molecule has 0 bridgehead atoms. The summed E-state index contributed by atoms with van der Waals surface area (Å²) in [5.41, 5.74) is -0.897. The number of ether oxygens (including phenoxy) is 1. The van der Waals surface area contributed by atoms with Gasteiger partial charge in [-0.05, 0) is 56.3 Å². The molecule has 2 amide bonds. The lowest BCUT2D eigenvalue weighted by molar-refractivity contribution is -0.137. The molecule has 2 fully saturated rings. The van der Waals surface area contributed by atoms with Crippen LogP contribution in [0.5, 0.6) is 5.75 Å². The van der Waals surface area contributed by atoms with E-state index in [9.17, 15) is 22.8 Å². The van der Waals surface area contributed by atoms with Crippen molar-refractivity contribution < 1.29 is 27.5 Å². The lowest BCUT2D eigenvalue weighted by Crippen LogP contribution is -2.53. The number of rotatable bonds is 6. The van der Waals surface area contributed by atoms with E-state index < -0.39 is 23.0 Å². The fourth-order valence-corrected chi connectivity index (χ4v) is 4.78. The largest absolute Gasteiger partial charge is 0.493 e. The summed E-state index contributed by atoms with van der Waals surface area (Å²) in [6.07, 6.45) is 1.42. The van der Waals surface area contributed by atoms with Crippen molar-refractivity contribution in [2.45, 2.75) is 19.3 Å². The molecule has 2 saturated heterocycles. The minimum absolute atomic E-state index is 0.0110. The van der Waals surface area contributed by atoms with Crippen molar-refractivity contribution >= 4 is 11.8 Å². The minimum Gasteiger partial charge on any atom is -0.493 e. The maximum Gasteiger partial charge on any atom is 0.256 e. The van der Waals surface area contributed by atoms with Crippen LogP contribution in [0.2, 0.25) is 0 Å². The number of nitrogens with zero attached hydrogens (tertiary/aromatic N) is 3. The van der Waals surface area contributed by atoms with Gasteiger partial charge in [-0.1, -0.05) is 0 Å². The van der Waals surface area contributed by atoms with Gasteiger partial charge in [0.15, 0.2) is 0 Å². The minimum atomic E-state index is -0.915. The Morgan fingerprint density at radius 1 is 0.914 bits per heavy atom. The number of carbonyl (C=O) groups is 2. The summed E-state index contributed by atoms with van der Waals surface area (Å²) < 4.78 is 47.0. The number of likely N-dealkylation sites (tertiary alicyclic amines) is 1. The molecule has 0 saturated carbocycles. The zero-order valence-corrected chi connectivity index (χ0v) is 19.8. The highest BCUT2D eigenvalue weighted by Gasteiger charge is 2.41. The molecule has 2 heterocycles. The molecule has 35 heavy (non-hydrogen) atoms. The number of carbonyl (C=O) groups excluding carboxylic acids is 2. The first kappa shape index (κ1) is 25.0. The van der Waals surface area contributed by atoms with Crippen molar-refractivity contribution in [2.24, 2.45) is 5.41 Å². The summed E-state index contributed by atoms with van der Waals surface area (Å²) >= 11 is 0. The molecule has 4 rings (SSSR count). The number of hydrogen-bond donors (Lipinski definition) is 0. The average molecular weight is 490 g/mol. The number of amides is 2. The third-order valence-electron chi connectivity index (χ3n) is 6.85. The van der Waals surface area contributed by atoms with Gasteiger partial charge in [-0.2, -0.15) is 0 Å². The molecule has 0 radical (unpaired) electrons. The average Bonchev–Trinajstić information content (AvgIpc) is 2.84. The standard InChI is InChI=1S/C26H30F3N3O3/c1-30-11-13-31(14-12-30)24(33)16-26(18-35-21-6-3-19(27)4-7-21)9-2-10-32(17-26)25(34)22-8-5-20(28)15-23(22)29/h3-8,15H,2,9-14,16-18H2,1H3. The summed E-state index contributed by atoms with van der Waals surface area (Å²) in [4.78, 5) is 31.9. The van der Waals surface area contributed by atoms with Gasteiger partial charge >= 0.3 is 0 Å². The van der Waals surface area contributed by atoms with Gasteiger partial charge in [0.2, 0.25) is 5.91 Å². The molecule has 2 aliphatic rings. The normalized spacial score (nSPS) is 21.1. The van der Waals surface area contributed by atoms with E-state index in [0.717, 1.165) is 25.2 Å². The molecule has 9 heteroatoms. The maximum absolute atomic E-state index is 14.3. The van der Waals surface area contributed by atoms with Crippen molar-refractivity contribution in [1.29, 1.82) is 0 Å². The number of piperidine rings is 1. The van der Waals surface area contributed by atoms with Gasteiger partial charge in [0.1, 0.15) is 23.2 Å². The van der Waals surface area contributed by atoms with E-state index in [4.69, 9.17) is 4.74 Å². The van der Waals surface area contributed by atoms with Crippen LogP contribution in [0.1, 0.15) is 29.6 Å². The van der Waals surface area contributed by atoms with Crippen LogP contribution in [0.4, 0.5) is 13.2 Å². The van der Waals surface area contributed by atoms with E-state index in [0.29, 0.717) is 44.3 Å². The molecule has 2 aromatic carbocycles. The summed E-state index contributed by atoms with van der Waals surface area (Å²) in [5, 5.41) is 0. The molecular formula is C26H30F3N3O3. The Hall–Kier alpha value is -3.07. The topological polar surface area (TPSA) is 53.1 Å². The molecule has 0 aliphatic carbocycles. The van der Waals surface area contributed by atoms with Gasteiger partial charge in [0.05, 0.1) is 12.2 Å². The van der Waals surface area contributed by atoms with Crippen LogP contribution in [0.25, 0.3) is 0 Å². The molecule has 0 spiro atoms. The van der Waals surface area contributed by atoms with Crippen LogP contribution in [0.3, 0.4) is 0 Å². The first-order valence-electron chi connectivity index (χ1n) is 11.8. The highest BCUT2D eigenvalue weighted by Crippen LogP contribution is 2.36. The number of halogens is 3. The van der Waals surface area contributed by atoms with Crippen LogP contribution in [0, 0.1) is 22.9 Å². The maximum atomic E-state index is 14.3. The molecule has 188 valence electrons. The third kappa shape index (κ3) is 6.14. The summed E-state index contributed by atoms with van der Waals surface area (Å²) in [6.45, 7) is 3.59. The fraction of sp³-hybridized carbons (Fsp3) is 0.462. The summed E-state index contributed by atoms with van der Waals surface area (Å²) in [5.74, 6) is -2.14. The first-order chi connectivity index (χ1) is 16.7. The summed E-state index contributed by atoms with van der Waals surface area (Å²) in [7, 11) is 2.01. The molecule has 1 atom stereocenters. The molecule has 6 nitrogen and oxygen atoms in total.